The van der Waals surface area contributed by atoms with Crippen molar-refractivity contribution < 1.29 is 23.1 Å². The van der Waals surface area contributed by atoms with Crippen molar-refractivity contribution in [3.8, 4) is 0 Å². The van der Waals surface area contributed by atoms with Crippen LogP contribution in [0.4, 0.5) is 13.2 Å². The minimum absolute atomic E-state index is 0.203. The molecule has 3 aromatic carbocycles. The molecule has 3 rings (SSSR count). The van der Waals surface area contributed by atoms with Gasteiger partial charge in [-0.1, -0.05) is 61.9 Å². The van der Waals surface area contributed by atoms with Gasteiger partial charge in [-0.3, -0.25) is 4.90 Å². The molecule has 0 unspecified atom stereocenters. The van der Waals surface area contributed by atoms with Crippen LogP contribution >= 0.6 is 0 Å². The molecule has 0 amide bonds. The summed E-state index contributed by atoms with van der Waals surface area (Å²) in [4.78, 5) is 13.3. The predicted molar refractivity (Wildman–Crippen MR) is 141 cm³/mol. The Balaban J connectivity index is 1.64. The van der Waals surface area contributed by atoms with Gasteiger partial charge in [0.1, 0.15) is 0 Å². The summed E-state index contributed by atoms with van der Waals surface area (Å²) < 4.78 is 40.1. The second kappa shape index (κ2) is 12.9. The highest BCUT2D eigenvalue weighted by atomic mass is 19.4. The lowest BCUT2D eigenvalue weighted by Crippen LogP contribution is -2.27. The second-order valence-corrected chi connectivity index (χ2v) is 9.84. The van der Waals surface area contributed by atoms with Crippen molar-refractivity contribution in [3.63, 3.8) is 0 Å². The first-order valence-electron chi connectivity index (χ1n) is 12.5. The fraction of sp³-hybridized carbons (Fsp3) is 0.367. The zero-order valence-corrected chi connectivity index (χ0v) is 21.6. The van der Waals surface area contributed by atoms with Crippen LogP contribution in [-0.4, -0.2) is 29.1 Å². The van der Waals surface area contributed by atoms with E-state index in [-0.39, 0.29) is 5.56 Å². The van der Waals surface area contributed by atoms with Crippen molar-refractivity contribution in [1.29, 1.82) is 0 Å². The molecular formula is C30H35F3N2O2. The van der Waals surface area contributed by atoms with Crippen molar-refractivity contribution in [3.05, 3.63) is 106 Å². The molecule has 0 atom stereocenters. The average Bonchev–Trinajstić information content (AvgIpc) is 2.83. The second-order valence-electron chi connectivity index (χ2n) is 9.84. The quantitative estimate of drug-likeness (QED) is 0.256. The highest BCUT2D eigenvalue weighted by molar-refractivity contribution is 5.87. The Hall–Kier alpha value is -3.16. The lowest BCUT2D eigenvalue weighted by atomic mass is 10.0. The Morgan fingerprint density at radius 2 is 1.54 bits per heavy atom. The van der Waals surface area contributed by atoms with E-state index in [2.05, 4.69) is 48.3 Å². The van der Waals surface area contributed by atoms with E-state index >= 15 is 0 Å². The van der Waals surface area contributed by atoms with E-state index in [1.54, 1.807) is 37.3 Å². The molecule has 0 saturated heterocycles. The van der Waals surface area contributed by atoms with Gasteiger partial charge >= 0.3 is 12.1 Å². The molecule has 0 spiro atoms. The molecule has 0 fully saturated rings. The Kier molecular flexibility index (Phi) is 9.89. The molecule has 2 N–H and O–H groups in total. The molecule has 3 aromatic rings. The van der Waals surface area contributed by atoms with E-state index in [1.165, 1.54) is 17.2 Å². The number of rotatable bonds is 12. The standard InChI is InChI=1S/C30H35F3N2O2/c1-21(2)26-9-5-23(6-10-26)18-34-13-4-14-35(19-24-7-11-27(12-8-24)29(36)37)20-25-15-22(3)16-28(17-25)30(31,32)33/h5-12,15-17,21,34H,4,13-14,18-20H2,1-3H3,(H,36,37). The molecule has 0 bridgehead atoms. The monoisotopic (exact) mass is 512 g/mol. The Morgan fingerprint density at radius 1 is 0.919 bits per heavy atom. The number of aryl methyl sites for hydroxylation is 1. The minimum atomic E-state index is -4.39. The Labute approximate surface area is 217 Å². The first-order valence-corrected chi connectivity index (χ1v) is 12.5. The van der Waals surface area contributed by atoms with Gasteiger partial charge in [-0.15, -0.1) is 0 Å². The summed E-state index contributed by atoms with van der Waals surface area (Å²) in [6, 6.07) is 19.3. The van der Waals surface area contributed by atoms with Gasteiger partial charge in [0.25, 0.3) is 0 Å². The number of carbonyl (C=O) groups is 1. The summed E-state index contributed by atoms with van der Waals surface area (Å²) in [5.41, 5.74) is 4.16. The summed E-state index contributed by atoms with van der Waals surface area (Å²) in [5.74, 6) is -0.498. The molecule has 0 aliphatic carbocycles. The summed E-state index contributed by atoms with van der Waals surface area (Å²) >= 11 is 0. The van der Waals surface area contributed by atoms with Crippen LogP contribution in [-0.2, 0) is 25.8 Å². The van der Waals surface area contributed by atoms with E-state index < -0.39 is 17.7 Å². The van der Waals surface area contributed by atoms with Crippen LogP contribution in [0.15, 0.2) is 66.7 Å². The number of carboxylic acids is 1. The number of carboxylic acid groups (broad SMARTS) is 1. The normalized spacial score (nSPS) is 11.9. The fourth-order valence-electron chi connectivity index (χ4n) is 4.28. The van der Waals surface area contributed by atoms with Gasteiger partial charge in [0, 0.05) is 26.2 Å². The minimum Gasteiger partial charge on any atom is -0.478 e. The largest absolute Gasteiger partial charge is 0.478 e. The lowest BCUT2D eigenvalue weighted by Gasteiger charge is -2.24. The average molecular weight is 513 g/mol. The van der Waals surface area contributed by atoms with Crippen LogP contribution in [0.25, 0.3) is 0 Å². The Morgan fingerprint density at radius 3 is 2.14 bits per heavy atom. The van der Waals surface area contributed by atoms with Crippen LogP contribution in [0.5, 0.6) is 0 Å². The molecular weight excluding hydrogens is 477 g/mol. The molecule has 4 nitrogen and oxygen atoms in total. The van der Waals surface area contributed by atoms with E-state index in [0.717, 1.165) is 31.1 Å². The fourth-order valence-corrected chi connectivity index (χ4v) is 4.28. The molecule has 0 aromatic heterocycles. The number of aromatic carboxylic acids is 1. The van der Waals surface area contributed by atoms with Crippen molar-refractivity contribution >= 4 is 5.97 Å². The number of alkyl halides is 3. The molecule has 0 heterocycles. The predicted octanol–water partition coefficient (Wildman–Crippen LogP) is 7.02. The third-order valence-corrected chi connectivity index (χ3v) is 6.28. The molecule has 37 heavy (non-hydrogen) atoms. The van der Waals surface area contributed by atoms with E-state index in [0.29, 0.717) is 36.7 Å². The summed E-state index contributed by atoms with van der Waals surface area (Å²) in [6.07, 6.45) is -3.58. The Bertz CT molecular complexity index is 1160. The third-order valence-electron chi connectivity index (χ3n) is 6.28. The van der Waals surface area contributed by atoms with Gasteiger partial charge in [-0.25, -0.2) is 4.79 Å². The highest BCUT2D eigenvalue weighted by Crippen LogP contribution is 2.31. The molecule has 0 radical (unpaired) electrons. The SMILES string of the molecule is Cc1cc(CN(CCCNCc2ccc(C(C)C)cc2)Cc2ccc(C(=O)O)cc2)cc(C(F)(F)F)c1. The number of halogens is 3. The zero-order chi connectivity index (χ0) is 27.0. The maximum atomic E-state index is 13.4. The van der Waals surface area contributed by atoms with Gasteiger partial charge < -0.3 is 10.4 Å². The van der Waals surface area contributed by atoms with Crippen LogP contribution in [0.1, 0.15) is 69.9 Å². The van der Waals surface area contributed by atoms with Crippen LogP contribution < -0.4 is 5.32 Å². The summed E-state index contributed by atoms with van der Waals surface area (Å²) in [5, 5.41) is 12.6. The molecule has 0 saturated carbocycles. The number of nitrogens with zero attached hydrogens (tertiary/aromatic N) is 1. The number of benzene rings is 3. The van der Waals surface area contributed by atoms with Crippen molar-refractivity contribution in [1.82, 2.24) is 10.2 Å². The number of nitrogens with one attached hydrogen (secondary N) is 1. The van der Waals surface area contributed by atoms with Gasteiger partial charge in [0.15, 0.2) is 0 Å². The topological polar surface area (TPSA) is 52.6 Å². The molecule has 7 heteroatoms. The third kappa shape index (κ3) is 9.02. The lowest BCUT2D eigenvalue weighted by molar-refractivity contribution is -0.137. The number of hydrogen-bond acceptors (Lipinski definition) is 3. The van der Waals surface area contributed by atoms with Crippen LogP contribution in [0.2, 0.25) is 0 Å². The first-order chi connectivity index (χ1) is 17.5. The summed E-state index contributed by atoms with van der Waals surface area (Å²) in [6.45, 7) is 9.07. The molecule has 198 valence electrons. The smallest absolute Gasteiger partial charge is 0.416 e. The van der Waals surface area contributed by atoms with Gasteiger partial charge in [0.2, 0.25) is 0 Å². The van der Waals surface area contributed by atoms with E-state index in [1.807, 2.05) is 0 Å². The van der Waals surface area contributed by atoms with Crippen LogP contribution in [0, 0.1) is 6.92 Å². The van der Waals surface area contributed by atoms with Crippen molar-refractivity contribution in [2.45, 2.75) is 58.9 Å². The zero-order valence-electron chi connectivity index (χ0n) is 21.6. The maximum Gasteiger partial charge on any atom is 0.416 e. The van der Waals surface area contributed by atoms with Gasteiger partial charge in [-0.2, -0.15) is 13.2 Å². The number of hydrogen-bond donors (Lipinski definition) is 2. The highest BCUT2D eigenvalue weighted by Gasteiger charge is 2.31. The van der Waals surface area contributed by atoms with Crippen LogP contribution in [0.3, 0.4) is 0 Å². The van der Waals surface area contributed by atoms with E-state index in [9.17, 15) is 18.0 Å². The first kappa shape index (κ1) is 28.4. The summed E-state index contributed by atoms with van der Waals surface area (Å²) in [7, 11) is 0. The molecule has 0 aliphatic heterocycles. The molecule has 0 aliphatic rings. The van der Waals surface area contributed by atoms with Gasteiger partial charge in [0.05, 0.1) is 11.1 Å². The van der Waals surface area contributed by atoms with Crippen molar-refractivity contribution in [2.75, 3.05) is 13.1 Å². The van der Waals surface area contributed by atoms with Crippen molar-refractivity contribution in [2.24, 2.45) is 0 Å². The van der Waals surface area contributed by atoms with Gasteiger partial charge in [-0.05, 0) is 72.3 Å². The van der Waals surface area contributed by atoms with E-state index in [4.69, 9.17) is 5.11 Å². The maximum absolute atomic E-state index is 13.4.